The number of hydrogen-bond donors (Lipinski definition) is 0. The van der Waals surface area contributed by atoms with Crippen LogP contribution in [0.5, 0.6) is 11.5 Å². The summed E-state index contributed by atoms with van der Waals surface area (Å²) in [6.07, 6.45) is 1.50. The van der Waals surface area contributed by atoms with Gasteiger partial charge in [-0.1, -0.05) is 63.6 Å². The molecule has 0 aliphatic carbocycles. The van der Waals surface area contributed by atoms with Crippen molar-refractivity contribution in [2.24, 2.45) is 0 Å². The lowest BCUT2D eigenvalue weighted by Crippen LogP contribution is -2.06. The van der Waals surface area contributed by atoms with Gasteiger partial charge in [0.2, 0.25) is 0 Å². The largest absolute Gasteiger partial charge is 0.457 e. The van der Waals surface area contributed by atoms with Crippen LogP contribution in [-0.2, 0) is 0 Å². The first-order chi connectivity index (χ1) is 23.0. The van der Waals surface area contributed by atoms with Crippen molar-refractivity contribution in [2.45, 2.75) is 67.2 Å². The predicted molar refractivity (Wildman–Crippen MR) is 195 cm³/mol. The molecule has 0 unspecified atom stereocenters. The van der Waals surface area contributed by atoms with E-state index in [-0.39, 0.29) is 17.7 Å². The Hall–Kier alpha value is -5.23. The maximum absolute atomic E-state index is 14.4. The molecule has 0 aliphatic rings. The van der Waals surface area contributed by atoms with Crippen LogP contribution in [0.15, 0.2) is 91.1 Å². The summed E-state index contributed by atoms with van der Waals surface area (Å²) in [6, 6.07) is 27.8. The molecule has 0 fully saturated rings. The van der Waals surface area contributed by atoms with E-state index in [1.54, 1.807) is 0 Å². The minimum atomic E-state index is -0.332. The predicted octanol–water partition coefficient (Wildman–Crippen LogP) is 11.4. The van der Waals surface area contributed by atoms with Crippen molar-refractivity contribution < 1.29 is 9.13 Å². The van der Waals surface area contributed by atoms with E-state index < -0.39 is 0 Å². The van der Waals surface area contributed by atoms with Crippen LogP contribution in [0.2, 0.25) is 0 Å². The minimum Gasteiger partial charge on any atom is -0.457 e. The molecule has 0 atom stereocenters. The van der Waals surface area contributed by atoms with Gasteiger partial charge >= 0.3 is 0 Å². The first-order valence-electron chi connectivity index (χ1n) is 16.7. The van der Waals surface area contributed by atoms with E-state index in [4.69, 9.17) is 9.84 Å². The Kier molecular flexibility index (Phi) is 7.90. The van der Waals surface area contributed by atoms with Crippen molar-refractivity contribution in [3.8, 4) is 34.1 Å². The smallest absolute Gasteiger partial charge is 0.140 e. The number of aromatic nitrogens is 4. The molecule has 3 heterocycles. The number of aryl methyl sites for hydroxylation is 4. The Morgan fingerprint density at radius 1 is 0.667 bits per heavy atom. The Morgan fingerprint density at radius 3 is 2.08 bits per heavy atom. The van der Waals surface area contributed by atoms with Gasteiger partial charge in [-0.15, -0.1) is 0 Å². The standard InChI is InChI=1S/C42H41FN4O/c1-24(2)41-40(39-28(7)17-26(5)18-29(39)8)42(25(3)4)47(45-41)31-19-27(6)20-33(22-31)48-32-13-14-35-34-11-9-10-12-36(34)46(37(35)23-32)38-21-30(43)15-16-44-38/h9-25H,1-8H3. The zero-order valence-corrected chi connectivity index (χ0v) is 28.9. The normalized spacial score (nSPS) is 11.8. The molecule has 0 spiro atoms. The summed E-state index contributed by atoms with van der Waals surface area (Å²) >= 11 is 0. The Labute approximate surface area is 281 Å². The average Bonchev–Trinajstić information content (AvgIpc) is 3.57. The number of fused-ring (bicyclic) bond motifs is 3. The maximum atomic E-state index is 14.4. The van der Waals surface area contributed by atoms with Gasteiger partial charge in [0.25, 0.3) is 0 Å². The third kappa shape index (κ3) is 5.45. The van der Waals surface area contributed by atoms with E-state index in [1.165, 1.54) is 51.8 Å². The highest BCUT2D eigenvalue weighted by Crippen LogP contribution is 2.42. The molecule has 0 saturated heterocycles. The van der Waals surface area contributed by atoms with Gasteiger partial charge in [-0.25, -0.2) is 14.1 Å². The lowest BCUT2D eigenvalue weighted by molar-refractivity contribution is 0.482. The quantitative estimate of drug-likeness (QED) is 0.175. The monoisotopic (exact) mass is 636 g/mol. The molecule has 7 aromatic rings. The van der Waals surface area contributed by atoms with Crippen molar-refractivity contribution in [2.75, 3.05) is 0 Å². The topological polar surface area (TPSA) is 44.9 Å². The van der Waals surface area contributed by atoms with Gasteiger partial charge in [0.1, 0.15) is 23.1 Å². The molecular formula is C42H41FN4O. The first-order valence-corrected chi connectivity index (χ1v) is 16.7. The molecule has 0 N–H and O–H groups in total. The number of nitrogens with zero attached hydrogens (tertiary/aromatic N) is 4. The SMILES string of the molecule is Cc1cc(Oc2ccc3c4ccccc4n(-c4cc(F)ccn4)c3c2)cc(-n2nc(C(C)C)c(-c3c(C)cc(C)cc3C)c2C(C)C)c1. The second kappa shape index (κ2) is 12.1. The van der Waals surface area contributed by atoms with Gasteiger partial charge in [0, 0.05) is 40.7 Å². The highest BCUT2D eigenvalue weighted by Gasteiger charge is 2.27. The van der Waals surface area contributed by atoms with Gasteiger partial charge in [-0.2, -0.15) is 5.10 Å². The van der Waals surface area contributed by atoms with Crippen LogP contribution >= 0.6 is 0 Å². The lowest BCUT2D eigenvalue weighted by Gasteiger charge is -2.18. The van der Waals surface area contributed by atoms with Crippen LogP contribution in [0.1, 0.15) is 73.2 Å². The fourth-order valence-electron chi connectivity index (χ4n) is 7.24. The third-order valence-electron chi connectivity index (χ3n) is 9.07. The zero-order chi connectivity index (χ0) is 33.9. The van der Waals surface area contributed by atoms with Gasteiger partial charge in [0.15, 0.2) is 0 Å². The van der Waals surface area contributed by atoms with Crippen LogP contribution in [-0.4, -0.2) is 19.3 Å². The molecule has 5 nitrogen and oxygen atoms in total. The summed E-state index contributed by atoms with van der Waals surface area (Å²) in [7, 11) is 0. The number of hydrogen-bond acceptors (Lipinski definition) is 3. The summed E-state index contributed by atoms with van der Waals surface area (Å²) in [6.45, 7) is 17.6. The van der Waals surface area contributed by atoms with E-state index in [0.717, 1.165) is 44.5 Å². The van der Waals surface area contributed by atoms with Crippen molar-refractivity contribution >= 4 is 21.8 Å². The van der Waals surface area contributed by atoms with Crippen LogP contribution in [0.4, 0.5) is 4.39 Å². The summed E-state index contributed by atoms with van der Waals surface area (Å²) in [5.41, 5.74) is 12.5. The highest BCUT2D eigenvalue weighted by atomic mass is 19.1. The fraction of sp³-hybridized carbons (Fsp3) is 0.238. The number of para-hydroxylation sites is 1. The molecule has 7 rings (SSSR count). The average molecular weight is 637 g/mol. The van der Waals surface area contributed by atoms with E-state index in [0.29, 0.717) is 11.6 Å². The molecule has 6 heteroatoms. The number of ether oxygens (including phenoxy) is 1. The molecule has 4 aromatic carbocycles. The fourth-order valence-corrected chi connectivity index (χ4v) is 7.24. The number of rotatable bonds is 7. The second-order valence-corrected chi connectivity index (χ2v) is 13.6. The molecule has 242 valence electrons. The van der Waals surface area contributed by atoms with Crippen molar-refractivity contribution in [3.63, 3.8) is 0 Å². The molecule has 0 saturated carbocycles. The van der Waals surface area contributed by atoms with Crippen molar-refractivity contribution in [1.29, 1.82) is 0 Å². The summed E-state index contributed by atoms with van der Waals surface area (Å²) in [5.74, 6) is 2.06. The zero-order valence-electron chi connectivity index (χ0n) is 28.9. The first kappa shape index (κ1) is 31.4. The minimum absolute atomic E-state index is 0.228. The molecule has 0 radical (unpaired) electrons. The molecule has 3 aromatic heterocycles. The number of pyridine rings is 1. The lowest BCUT2D eigenvalue weighted by atomic mass is 9.87. The Balaban J connectivity index is 1.36. The highest BCUT2D eigenvalue weighted by molar-refractivity contribution is 6.09. The van der Waals surface area contributed by atoms with Gasteiger partial charge in [-0.3, -0.25) is 4.57 Å². The van der Waals surface area contributed by atoms with Gasteiger partial charge in [0.05, 0.1) is 28.1 Å². The van der Waals surface area contributed by atoms with Crippen LogP contribution in [0.25, 0.3) is 44.4 Å². The Morgan fingerprint density at radius 2 is 1.38 bits per heavy atom. The van der Waals surface area contributed by atoms with E-state index in [9.17, 15) is 4.39 Å². The van der Waals surface area contributed by atoms with Gasteiger partial charge < -0.3 is 4.74 Å². The van der Waals surface area contributed by atoms with Crippen LogP contribution < -0.4 is 4.74 Å². The molecule has 0 amide bonds. The molecule has 0 aliphatic heterocycles. The number of halogens is 1. The molecule has 48 heavy (non-hydrogen) atoms. The van der Waals surface area contributed by atoms with Crippen LogP contribution in [0.3, 0.4) is 0 Å². The maximum Gasteiger partial charge on any atom is 0.140 e. The number of benzene rings is 4. The summed E-state index contributed by atoms with van der Waals surface area (Å²) < 4.78 is 25.1. The van der Waals surface area contributed by atoms with E-state index >= 15 is 0 Å². The molecular weight excluding hydrogens is 595 g/mol. The van der Waals surface area contributed by atoms with Crippen LogP contribution in [0, 0.1) is 33.5 Å². The molecule has 0 bridgehead atoms. The summed E-state index contributed by atoms with van der Waals surface area (Å²) in [5, 5.41) is 7.42. The third-order valence-corrected chi connectivity index (χ3v) is 9.07. The second-order valence-electron chi connectivity index (χ2n) is 13.6. The summed E-state index contributed by atoms with van der Waals surface area (Å²) in [4.78, 5) is 4.51. The van der Waals surface area contributed by atoms with E-state index in [2.05, 4.69) is 108 Å². The Bertz CT molecular complexity index is 2320. The van der Waals surface area contributed by atoms with Gasteiger partial charge in [-0.05, 0) is 98.2 Å². The van der Waals surface area contributed by atoms with Crippen molar-refractivity contribution in [1.82, 2.24) is 19.3 Å². The van der Waals surface area contributed by atoms with E-state index in [1.807, 2.05) is 34.9 Å². The van der Waals surface area contributed by atoms with Crippen molar-refractivity contribution in [3.05, 3.63) is 131 Å².